The van der Waals surface area contributed by atoms with E-state index in [1.54, 1.807) is 0 Å². The lowest BCUT2D eigenvalue weighted by molar-refractivity contribution is -0.146. The van der Waals surface area contributed by atoms with Gasteiger partial charge < -0.3 is 4.74 Å². The Bertz CT molecular complexity index is 230. The summed E-state index contributed by atoms with van der Waals surface area (Å²) in [6, 6.07) is 0. The van der Waals surface area contributed by atoms with Crippen LogP contribution in [0.5, 0.6) is 0 Å². The normalized spacial score (nSPS) is 27.9. The molecule has 2 heteroatoms. The van der Waals surface area contributed by atoms with E-state index in [9.17, 15) is 4.79 Å². The van der Waals surface area contributed by atoms with Gasteiger partial charge in [-0.2, -0.15) is 0 Å². The van der Waals surface area contributed by atoms with Crippen molar-refractivity contribution in [3.05, 3.63) is 12.2 Å². The number of ether oxygens (including phenoxy) is 1. The fourth-order valence-corrected chi connectivity index (χ4v) is 2.03. The van der Waals surface area contributed by atoms with E-state index >= 15 is 0 Å². The molecule has 2 atom stereocenters. The molecule has 0 heterocycles. The third-order valence-electron chi connectivity index (χ3n) is 3.06. The van der Waals surface area contributed by atoms with Crippen molar-refractivity contribution in [1.29, 1.82) is 0 Å². The third-order valence-corrected chi connectivity index (χ3v) is 3.06. The first-order chi connectivity index (χ1) is 6.50. The Morgan fingerprint density at radius 3 is 2.71 bits per heavy atom. The molecule has 0 aromatic rings. The summed E-state index contributed by atoms with van der Waals surface area (Å²) in [6.45, 7) is 9.88. The van der Waals surface area contributed by atoms with Gasteiger partial charge in [0.25, 0.3) is 0 Å². The summed E-state index contributed by atoms with van der Waals surface area (Å²) in [5.41, 5.74) is 1.08. The van der Waals surface area contributed by atoms with E-state index in [4.69, 9.17) is 4.74 Å². The summed E-state index contributed by atoms with van der Waals surface area (Å²) in [7, 11) is 0. The summed E-state index contributed by atoms with van der Waals surface area (Å²) < 4.78 is 5.25. The molecule has 0 saturated heterocycles. The molecule has 1 fully saturated rings. The van der Waals surface area contributed by atoms with Gasteiger partial charge >= 0.3 is 5.97 Å². The zero-order valence-corrected chi connectivity index (χ0v) is 9.38. The second-order valence-electron chi connectivity index (χ2n) is 4.53. The van der Waals surface area contributed by atoms with Gasteiger partial charge in [-0.25, -0.2) is 0 Å². The topological polar surface area (TPSA) is 26.3 Å². The van der Waals surface area contributed by atoms with Crippen LogP contribution in [-0.4, -0.2) is 12.1 Å². The maximum absolute atomic E-state index is 10.9. The zero-order valence-electron chi connectivity index (χ0n) is 9.38. The Balaban J connectivity index is 2.55. The average Bonchev–Trinajstić information content (AvgIpc) is 2.07. The highest BCUT2D eigenvalue weighted by atomic mass is 16.5. The Kier molecular flexibility index (Phi) is 3.73. The van der Waals surface area contributed by atoms with Crippen LogP contribution in [0.4, 0.5) is 0 Å². The molecule has 0 aromatic heterocycles. The van der Waals surface area contributed by atoms with Crippen LogP contribution in [0.3, 0.4) is 0 Å². The van der Waals surface area contributed by atoms with E-state index < -0.39 is 0 Å². The third kappa shape index (κ3) is 2.86. The minimum atomic E-state index is -0.194. The van der Waals surface area contributed by atoms with Gasteiger partial charge in [0.15, 0.2) is 0 Å². The van der Waals surface area contributed by atoms with Crippen molar-refractivity contribution in [2.24, 2.45) is 11.8 Å². The molecule has 1 aliphatic rings. The minimum Gasteiger partial charge on any atom is -0.458 e. The van der Waals surface area contributed by atoms with Crippen LogP contribution in [0.1, 0.15) is 40.0 Å². The Morgan fingerprint density at radius 2 is 2.21 bits per heavy atom. The predicted molar refractivity (Wildman–Crippen MR) is 56.9 cm³/mol. The highest BCUT2D eigenvalue weighted by molar-refractivity contribution is 5.66. The van der Waals surface area contributed by atoms with E-state index in [1.807, 2.05) is 0 Å². The fourth-order valence-electron chi connectivity index (χ4n) is 2.03. The molecule has 0 spiro atoms. The Hall–Kier alpha value is -0.790. The van der Waals surface area contributed by atoms with E-state index in [0.29, 0.717) is 11.8 Å². The van der Waals surface area contributed by atoms with Crippen molar-refractivity contribution in [3.8, 4) is 0 Å². The summed E-state index contributed by atoms with van der Waals surface area (Å²) in [5.74, 6) is 1.14. The Morgan fingerprint density at radius 1 is 1.57 bits per heavy atom. The van der Waals surface area contributed by atoms with Crippen molar-refractivity contribution < 1.29 is 9.53 Å². The Labute approximate surface area is 86.3 Å². The monoisotopic (exact) mass is 196 g/mol. The average molecular weight is 196 g/mol. The molecule has 0 unspecified atom stereocenters. The van der Waals surface area contributed by atoms with E-state index in [-0.39, 0.29) is 12.1 Å². The maximum atomic E-state index is 10.9. The number of carbonyl (C=O) groups is 1. The smallest absolute Gasteiger partial charge is 0.303 e. The highest BCUT2D eigenvalue weighted by Crippen LogP contribution is 2.33. The van der Waals surface area contributed by atoms with Gasteiger partial charge in [-0.15, -0.1) is 0 Å². The summed E-state index contributed by atoms with van der Waals surface area (Å²) >= 11 is 0. The number of rotatable bonds is 2. The van der Waals surface area contributed by atoms with Crippen LogP contribution in [0.2, 0.25) is 0 Å². The lowest BCUT2D eigenvalue weighted by Gasteiger charge is -2.32. The van der Waals surface area contributed by atoms with Crippen molar-refractivity contribution in [2.45, 2.75) is 46.1 Å². The van der Waals surface area contributed by atoms with Gasteiger partial charge in [-0.3, -0.25) is 4.79 Å². The molecule has 0 amide bonds. The second-order valence-corrected chi connectivity index (χ2v) is 4.53. The largest absolute Gasteiger partial charge is 0.458 e. The van der Waals surface area contributed by atoms with Crippen molar-refractivity contribution in [2.75, 3.05) is 0 Å². The predicted octanol–water partition coefficient (Wildman–Crippen LogP) is 2.93. The first-order valence-electron chi connectivity index (χ1n) is 5.35. The van der Waals surface area contributed by atoms with Crippen molar-refractivity contribution >= 4 is 5.97 Å². The molecular formula is C12H20O2. The van der Waals surface area contributed by atoms with Gasteiger partial charge in [0.1, 0.15) is 6.10 Å². The maximum Gasteiger partial charge on any atom is 0.303 e. The molecule has 0 aliphatic heterocycles. The number of hydrogen-bond donors (Lipinski definition) is 0. The summed E-state index contributed by atoms with van der Waals surface area (Å²) in [4.78, 5) is 10.9. The molecule has 80 valence electrons. The molecular weight excluding hydrogens is 176 g/mol. The van der Waals surface area contributed by atoms with E-state index in [1.165, 1.54) is 13.3 Å². The quantitative estimate of drug-likeness (QED) is 0.501. The van der Waals surface area contributed by atoms with Crippen LogP contribution in [0.15, 0.2) is 12.2 Å². The van der Waals surface area contributed by atoms with Gasteiger partial charge in [0.05, 0.1) is 0 Å². The molecule has 1 aliphatic carbocycles. The van der Waals surface area contributed by atoms with Crippen LogP contribution in [0, 0.1) is 11.8 Å². The number of hydrogen-bond acceptors (Lipinski definition) is 2. The van der Waals surface area contributed by atoms with Crippen LogP contribution < -0.4 is 0 Å². The molecule has 0 bridgehead atoms. The lowest BCUT2D eigenvalue weighted by atomic mass is 9.78. The second kappa shape index (κ2) is 4.63. The molecule has 0 radical (unpaired) electrons. The number of esters is 1. The number of carbonyl (C=O) groups excluding carboxylic acids is 1. The SMILES string of the molecule is C=C1CC[C@H](C(C)C)C[C@@H]1OC(C)=O. The molecule has 0 N–H and O–H groups in total. The molecule has 0 aromatic carbocycles. The first-order valence-corrected chi connectivity index (χ1v) is 5.35. The lowest BCUT2D eigenvalue weighted by Crippen LogP contribution is -2.28. The van der Waals surface area contributed by atoms with Crippen molar-refractivity contribution in [1.82, 2.24) is 0 Å². The van der Waals surface area contributed by atoms with Crippen molar-refractivity contribution in [3.63, 3.8) is 0 Å². The van der Waals surface area contributed by atoms with Crippen LogP contribution >= 0.6 is 0 Å². The van der Waals surface area contributed by atoms with Gasteiger partial charge in [0.2, 0.25) is 0 Å². The first kappa shape index (κ1) is 11.3. The summed E-state index contributed by atoms with van der Waals surface area (Å²) in [5, 5.41) is 0. The molecule has 14 heavy (non-hydrogen) atoms. The van der Waals surface area contributed by atoms with Gasteiger partial charge in [-0.1, -0.05) is 20.4 Å². The van der Waals surface area contributed by atoms with Crippen LogP contribution in [-0.2, 0) is 9.53 Å². The van der Waals surface area contributed by atoms with Gasteiger partial charge in [-0.05, 0) is 36.7 Å². The molecule has 1 rings (SSSR count). The van der Waals surface area contributed by atoms with E-state index in [2.05, 4.69) is 20.4 Å². The van der Waals surface area contributed by atoms with E-state index in [0.717, 1.165) is 18.4 Å². The summed E-state index contributed by atoms with van der Waals surface area (Å²) in [6.07, 6.45) is 3.11. The van der Waals surface area contributed by atoms with Gasteiger partial charge in [0, 0.05) is 6.92 Å². The molecule has 2 nitrogen and oxygen atoms in total. The zero-order chi connectivity index (χ0) is 10.7. The standard InChI is InChI=1S/C12H20O2/c1-8(2)11-6-5-9(3)12(7-11)14-10(4)13/h8,11-12H,3,5-7H2,1-2,4H3/t11-,12-/m0/s1. The highest BCUT2D eigenvalue weighted by Gasteiger charge is 2.28. The minimum absolute atomic E-state index is 0.0337. The fraction of sp³-hybridized carbons (Fsp3) is 0.750. The molecule has 1 saturated carbocycles. The van der Waals surface area contributed by atoms with Crippen LogP contribution in [0.25, 0.3) is 0 Å².